The van der Waals surface area contributed by atoms with E-state index < -0.39 is 0 Å². The highest BCUT2D eigenvalue weighted by molar-refractivity contribution is 7.15. The van der Waals surface area contributed by atoms with E-state index in [0.29, 0.717) is 5.41 Å². The molecule has 0 aromatic carbocycles. The van der Waals surface area contributed by atoms with Gasteiger partial charge in [0.25, 0.3) is 0 Å². The van der Waals surface area contributed by atoms with Crippen LogP contribution in [0.5, 0.6) is 0 Å². The zero-order valence-electron chi connectivity index (χ0n) is 12.9. The molecule has 0 aliphatic carbocycles. The number of piperidine rings is 1. The lowest BCUT2D eigenvalue weighted by Crippen LogP contribution is -2.37. The first kappa shape index (κ1) is 14.8. The SMILES string of the molecule is Cc1nc(N2CCC(C(C)(C)C)CC2)sc1C(C)N. The molecule has 0 amide bonds. The van der Waals surface area contributed by atoms with Crippen LogP contribution in [0, 0.1) is 18.3 Å². The van der Waals surface area contributed by atoms with Crippen molar-refractivity contribution in [1.29, 1.82) is 0 Å². The molecule has 19 heavy (non-hydrogen) atoms. The van der Waals surface area contributed by atoms with Gasteiger partial charge in [-0.3, -0.25) is 0 Å². The van der Waals surface area contributed by atoms with Crippen molar-refractivity contribution in [2.45, 2.75) is 53.5 Å². The maximum Gasteiger partial charge on any atom is 0.185 e. The third-order valence-corrected chi connectivity index (χ3v) is 5.64. The molecule has 2 heterocycles. The summed E-state index contributed by atoms with van der Waals surface area (Å²) >= 11 is 1.77. The largest absolute Gasteiger partial charge is 0.348 e. The van der Waals surface area contributed by atoms with E-state index in [0.717, 1.165) is 29.8 Å². The Balaban J connectivity index is 2.04. The first-order chi connectivity index (χ1) is 8.79. The molecule has 1 unspecified atom stereocenters. The summed E-state index contributed by atoms with van der Waals surface area (Å²) < 4.78 is 0. The van der Waals surface area contributed by atoms with Crippen LogP contribution in [0.2, 0.25) is 0 Å². The molecule has 1 atom stereocenters. The Kier molecular flexibility index (Phi) is 4.21. The van der Waals surface area contributed by atoms with E-state index in [1.54, 1.807) is 11.3 Å². The number of hydrogen-bond donors (Lipinski definition) is 1. The summed E-state index contributed by atoms with van der Waals surface area (Å²) in [6.45, 7) is 13.4. The summed E-state index contributed by atoms with van der Waals surface area (Å²) in [5, 5.41) is 1.16. The van der Waals surface area contributed by atoms with E-state index in [-0.39, 0.29) is 6.04 Å². The van der Waals surface area contributed by atoms with Gasteiger partial charge in [0, 0.05) is 24.0 Å². The van der Waals surface area contributed by atoms with Gasteiger partial charge in [-0.1, -0.05) is 20.8 Å². The van der Waals surface area contributed by atoms with E-state index >= 15 is 0 Å². The van der Waals surface area contributed by atoms with E-state index in [2.05, 4.69) is 32.6 Å². The van der Waals surface area contributed by atoms with Gasteiger partial charge in [-0.2, -0.15) is 0 Å². The predicted octanol–water partition coefficient (Wildman–Crippen LogP) is 3.73. The molecule has 1 aromatic heterocycles. The number of rotatable bonds is 2. The molecule has 0 spiro atoms. The summed E-state index contributed by atoms with van der Waals surface area (Å²) in [5.41, 5.74) is 7.53. The Labute approximate surface area is 121 Å². The van der Waals surface area contributed by atoms with Gasteiger partial charge in [0.15, 0.2) is 5.13 Å². The molecule has 4 heteroatoms. The molecule has 1 saturated heterocycles. The zero-order chi connectivity index (χ0) is 14.2. The van der Waals surface area contributed by atoms with Gasteiger partial charge in [-0.05, 0) is 38.0 Å². The van der Waals surface area contributed by atoms with Gasteiger partial charge in [-0.15, -0.1) is 11.3 Å². The van der Waals surface area contributed by atoms with Crippen molar-refractivity contribution in [2.24, 2.45) is 17.1 Å². The molecule has 0 radical (unpaired) electrons. The average molecular weight is 281 g/mol. The van der Waals surface area contributed by atoms with Crippen molar-refractivity contribution in [1.82, 2.24) is 4.98 Å². The molecule has 3 nitrogen and oxygen atoms in total. The van der Waals surface area contributed by atoms with Crippen molar-refractivity contribution in [3.63, 3.8) is 0 Å². The number of thiazole rings is 1. The Hall–Kier alpha value is -0.610. The van der Waals surface area contributed by atoms with Crippen LogP contribution in [-0.4, -0.2) is 18.1 Å². The van der Waals surface area contributed by atoms with E-state index in [4.69, 9.17) is 10.7 Å². The highest BCUT2D eigenvalue weighted by atomic mass is 32.1. The van der Waals surface area contributed by atoms with Crippen LogP contribution < -0.4 is 10.6 Å². The van der Waals surface area contributed by atoms with Crippen LogP contribution in [-0.2, 0) is 0 Å². The fraction of sp³-hybridized carbons (Fsp3) is 0.800. The molecule has 1 aliphatic heterocycles. The average Bonchev–Trinajstić information content (AvgIpc) is 2.70. The summed E-state index contributed by atoms with van der Waals surface area (Å²) in [7, 11) is 0. The predicted molar refractivity (Wildman–Crippen MR) is 83.8 cm³/mol. The lowest BCUT2D eigenvalue weighted by Gasteiger charge is -2.38. The van der Waals surface area contributed by atoms with Crippen LogP contribution >= 0.6 is 11.3 Å². The van der Waals surface area contributed by atoms with E-state index in [1.165, 1.54) is 17.7 Å². The van der Waals surface area contributed by atoms with Crippen LogP contribution in [0.1, 0.15) is 57.1 Å². The molecule has 2 N–H and O–H groups in total. The number of nitrogens with zero attached hydrogens (tertiary/aromatic N) is 2. The van der Waals surface area contributed by atoms with Crippen LogP contribution in [0.3, 0.4) is 0 Å². The summed E-state index contributed by atoms with van der Waals surface area (Å²) in [6.07, 6.45) is 2.55. The molecule has 1 fully saturated rings. The molecule has 108 valence electrons. The molecule has 0 bridgehead atoms. The maximum atomic E-state index is 5.99. The lowest BCUT2D eigenvalue weighted by molar-refractivity contribution is 0.199. The van der Waals surface area contributed by atoms with Gasteiger partial charge in [-0.25, -0.2) is 4.98 Å². The monoisotopic (exact) mass is 281 g/mol. The zero-order valence-corrected chi connectivity index (χ0v) is 13.7. The molecular weight excluding hydrogens is 254 g/mol. The van der Waals surface area contributed by atoms with Crippen molar-refractivity contribution in [2.75, 3.05) is 18.0 Å². The molecule has 1 aromatic rings. The minimum Gasteiger partial charge on any atom is -0.348 e. The second-order valence-corrected chi connectivity index (χ2v) is 7.87. The van der Waals surface area contributed by atoms with Crippen LogP contribution in [0.4, 0.5) is 5.13 Å². The summed E-state index contributed by atoms with van der Waals surface area (Å²) in [5.74, 6) is 0.831. The third-order valence-electron chi connectivity index (χ3n) is 4.22. The second kappa shape index (κ2) is 5.41. The van der Waals surface area contributed by atoms with Gasteiger partial charge in [0.2, 0.25) is 0 Å². The van der Waals surface area contributed by atoms with Gasteiger partial charge in [0.1, 0.15) is 0 Å². The van der Waals surface area contributed by atoms with Gasteiger partial charge < -0.3 is 10.6 Å². The maximum absolute atomic E-state index is 5.99. The van der Waals surface area contributed by atoms with E-state index in [1.807, 2.05) is 6.92 Å². The van der Waals surface area contributed by atoms with Crippen LogP contribution in [0.25, 0.3) is 0 Å². The van der Waals surface area contributed by atoms with Crippen molar-refractivity contribution in [3.8, 4) is 0 Å². The molecule has 2 rings (SSSR count). The van der Waals surface area contributed by atoms with Gasteiger partial charge in [0.05, 0.1) is 5.69 Å². The molecular formula is C15H27N3S. The quantitative estimate of drug-likeness (QED) is 0.898. The lowest BCUT2D eigenvalue weighted by atomic mass is 9.75. The smallest absolute Gasteiger partial charge is 0.185 e. The summed E-state index contributed by atoms with van der Waals surface area (Å²) in [6, 6.07) is 0.0957. The van der Waals surface area contributed by atoms with Crippen molar-refractivity contribution < 1.29 is 0 Å². The Morgan fingerprint density at radius 2 is 1.89 bits per heavy atom. The number of aryl methyl sites for hydroxylation is 1. The van der Waals surface area contributed by atoms with E-state index in [9.17, 15) is 0 Å². The number of aromatic nitrogens is 1. The van der Waals surface area contributed by atoms with Crippen molar-refractivity contribution >= 4 is 16.5 Å². The minimum absolute atomic E-state index is 0.0957. The normalized spacial score (nSPS) is 19.8. The minimum atomic E-state index is 0.0957. The number of hydrogen-bond acceptors (Lipinski definition) is 4. The van der Waals surface area contributed by atoms with Crippen molar-refractivity contribution in [3.05, 3.63) is 10.6 Å². The second-order valence-electron chi connectivity index (χ2n) is 6.86. The Morgan fingerprint density at radius 3 is 2.32 bits per heavy atom. The number of nitrogens with two attached hydrogens (primary N) is 1. The van der Waals surface area contributed by atoms with Crippen LogP contribution in [0.15, 0.2) is 0 Å². The fourth-order valence-corrected chi connectivity index (χ4v) is 3.96. The Bertz CT molecular complexity index is 423. The topological polar surface area (TPSA) is 42.2 Å². The first-order valence-corrected chi connectivity index (χ1v) is 8.08. The van der Waals surface area contributed by atoms with Gasteiger partial charge >= 0.3 is 0 Å². The first-order valence-electron chi connectivity index (χ1n) is 7.27. The fourth-order valence-electron chi connectivity index (χ4n) is 2.89. The highest BCUT2D eigenvalue weighted by Crippen LogP contribution is 2.37. The highest BCUT2D eigenvalue weighted by Gasteiger charge is 2.29. The Morgan fingerprint density at radius 1 is 1.32 bits per heavy atom. The summed E-state index contributed by atoms with van der Waals surface area (Å²) in [4.78, 5) is 8.37. The molecule has 1 aliphatic rings. The molecule has 0 saturated carbocycles. The third kappa shape index (κ3) is 3.29. The number of anilines is 1. The standard InChI is InChI=1S/C15H27N3S/c1-10(16)13-11(2)17-14(19-13)18-8-6-12(7-9-18)15(3,4)5/h10,12H,6-9,16H2,1-5H3.